The van der Waals surface area contributed by atoms with Crippen LogP contribution in [0.2, 0.25) is 0 Å². The number of imide groups is 1. The van der Waals surface area contributed by atoms with Crippen molar-refractivity contribution in [2.75, 3.05) is 10.7 Å². The molecule has 2 amide bonds. The second kappa shape index (κ2) is 7.51. The van der Waals surface area contributed by atoms with Crippen molar-refractivity contribution in [1.29, 1.82) is 0 Å². The molecule has 0 atom stereocenters. The first-order valence-corrected chi connectivity index (χ1v) is 8.66. The van der Waals surface area contributed by atoms with E-state index in [2.05, 4.69) is 0 Å². The van der Waals surface area contributed by atoms with E-state index in [1.165, 1.54) is 0 Å². The quantitative estimate of drug-likeness (QED) is 0.742. The molecule has 0 N–H and O–H groups in total. The summed E-state index contributed by atoms with van der Waals surface area (Å²) in [6.07, 6.45) is 1.19. The highest BCUT2D eigenvalue weighted by molar-refractivity contribution is 7.86. The highest BCUT2D eigenvalue weighted by Crippen LogP contribution is 2.27. The third kappa shape index (κ3) is 4.64. The summed E-state index contributed by atoms with van der Waals surface area (Å²) in [4.78, 5) is 25.4. The molecule has 0 aliphatic heterocycles. The molecule has 0 unspecified atom stereocenters. The van der Waals surface area contributed by atoms with Crippen molar-refractivity contribution in [3.63, 3.8) is 0 Å². The van der Waals surface area contributed by atoms with Gasteiger partial charge in [-0.1, -0.05) is 32.0 Å². The van der Waals surface area contributed by atoms with Crippen LogP contribution in [0.15, 0.2) is 18.2 Å². The van der Waals surface area contributed by atoms with Crippen LogP contribution in [0, 0.1) is 6.92 Å². The number of carbonyl (C=O) groups is 2. The van der Waals surface area contributed by atoms with Gasteiger partial charge in [0.15, 0.2) is 0 Å². The zero-order valence-corrected chi connectivity index (χ0v) is 13.8. The molecule has 0 spiro atoms. The lowest BCUT2D eigenvalue weighted by Crippen LogP contribution is -2.41. The Morgan fingerprint density at radius 2 is 1.82 bits per heavy atom. The minimum Gasteiger partial charge on any atom is -0.748 e. The number of carbonyl (C=O) groups excluding carboxylic acids is 2. The van der Waals surface area contributed by atoms with Gasteiger partial charge in [-0.2, -0.15) is 0 Å². The molecule has 22 heavy (non-hydrogen) atoms. The molecule has 0 radical (unpaired) electrons. The van der Waals surface area contributed by atoms with Crippen LogP contribution in [0.5, 0.6) is 0 Å². The number of hydrogen-bond donors (Lipinski definition) is 0. The number of nitrogens with zero attached hydrogens (tertiary/aromatic N) is 1. The van der Waals surface area contributed by atoms with E-state index >= 15 is 0 Å². The Kier molecular flexibility index (Phi) is 6.25. The van der Waals surface area contributed by atoms with Crippen LogP contribution >= 0.6 is 0 Å². The summed E-state index contributed by atoms with van der Waals surface area (Å²) in [7, 11) is -4.75. The van der Waals surface area contributed by atoms with Crippen LogP contribution in [0.1, 0.15) is 37.8 Å². The lowest BCUT2D eigenvalue weighted by molar-refractivity contribution is -0.125. The zero-order valence-electron chi connectivity index (χ0n) is 13.0. The van der Waals surface area contributed by atoms with Gasteiger partial charge < -0.3 is 4.55 Å². The molecule has 7 heteroatoms. The maximum atomic E-state index is 12.3. The number of aryl methyl sites for hydroxylation is 2. The van der Waals surface area contributed by atoms with Crippen LogP contribution in [0.4, 0.5) is 5.69 Å². The van der Waals surface area contributed by atoms with Crippen LogP contribution in [0.25, 0.3) is 0 Å². The first-order valence-electron chi connectivity index (χ1n) is 7.09. The number of rotatable bonds is 6. The van der Waals surface area contributed by atoms with Gasteiger partial charge in [0.05, 0.1) is 5.69 Å². The minimum absolute atomic E-state index is 0.0993. The normalized spacial score (nSPS) is 11.3. The molecule has 0 aliphatic carbocycles. The molecule has 0 bridgehead atoms. The maximum absolute atomic E-state index is 12.3. The largest absolute Gasteiger partial charge is 0.748 e. The number of para-hydroxylation sites is 1. The summed E-state index contributed by atoms with van der Waals surface area (Å²) in [6, 6.07) is 5.31. The smallest absolute Gasteiger partial charge is 0.247 e. The molecular weight excluding hydrogens is 306 g/mol. The summed E-state index contributed by atoms with van der Waals surface area (Å²) in [6.45, 7) is 5.39. The predicted molar refractivity (Wildman–Crippen MR) is 82.5 cm³/mol. The Hall–Kier alpha value is -1.73. The fourth-order valence-electron chi connectivity index (χ4n) is 2.25. The number of benzene rings is 1. The van der Waals surface area contributed by atoms with Gasteiger partial charge in [-0.25, -0.2) is 13.3 Å². The molecule has 1 aromatic carbocycles. The Labute approximate surface area is 130 Å². The molecule has 0 aliphatic rings. The van der Waals surface area contributed by atoms with Crippen molar-refractivity contribution in [2.45, 2.75) is 40.0 Å². The molecule has 122 valence electrons. The van der Waals surface area contributed by atoms with Crippen molar-refractivity contribution in [3.8, 4) is 0 Å². The molecule has 1 aromatic rings. The molecular formula is C15H20NO5S-. The van der Waals surface area contributed by atoms with Gasteiger partial charge in [-0.05, 0) is 30.9 Å². The van der Waals surface area contributed by atoms with Crippen molar-refractivity contribution in [3.05, 3.63) is 29.3 Å². The van der Waals surface area contributed by atoms with Gasteiger partial charge in [0.1, 0.15) is 15.9 Å². The van der Waals surface area contributed by atoms with Crippen molar-refractivity contribution in [2.24, 2.45) is 0 Å². The van der Waals surface area contributed by atoms with Crippen molar-refractivity contribution < 1.29 is 22.6 Å². The second-order valence-corrected chi connectivity index (χ2v) is 6.42. The van der Waals surface area contributed by atoms with E-state index in [0.717, 1.165) is 10.5 Å². The monoisotopic (exact) mass is 326 g/mol. The maximum Gasteiger partial charge on any atom is 0.247 e. The van der Waals surface area contributed by atoms with Crippen LogP contribution in [0.3, 0.4) is 0 Å². The lowest BCUT2D eigenvalue weighted by atomic mass is 10.0. The Morgan fingerprint density at radius 1 is 1.18 bits per heavy atom. The standard InChI is InChI=1S/C15H21NO5S/c1-4-7-13(17)16(14(18)10-22(19,20)21)15-11(3)8-6-9-12(15)5-2/h6,8-9H,4-5,7,10H2,1-3H3,(H,19,20,21)/p-1. The lowest BCUT2D eigenvalue weighted by Gasteiger charge is -2.25. The van der Waals surface area contributed by atoms with Crippen LogP contribution in [-0.4, -0.2) is 30.5 Å². The molecule has 6 nitrogen and oxygen atoms in total. The van der Waals surface area contributed by atoms with E-state index in [1.54, 1.807) is 32.0 Å². The summed E-state index contributed by atoms with van der Waals surface area (Å²) < 4.78 is 32.6. The average Bonchev–Trinajstić information content (AvgIpc) is 2.39. The van der Waals surface area contributed by atoms with Crippen LogP contribution < -0.4 is 4.90 Å². The highest BCUT2D eigenvalue weighted by Gasteiger charge is 2.27. The van der Waals surface area contributed by atoms with E-state index in [1.807, 2.05) is 6.92 Å². The molecule has 0 saturated heterocycles. The van der Waals surface area contributed by atoms with Gasteiger partial charge in [0, 0.05) is 6.42 Å². The number of hydrogen-bond acceptors (Lipinski definition) is 5. The fourth-order valence-corrected chi connectivity index (χ4v) is 2.69. The minimum atomic E-state index is -4.75. The van der Waals surface area contributed by atoms with E-state index in [4.69, 9.17) is 0 Å². The summed E-state index contributed by atoms with van der Waals surface area (Å²) in [5.74, 6) is -2.72. The van der Waals surface area contributed by atoms with Crippen molar-refractivity contribution >= 4 is 27.6 Å². The van der Waals surface area contributed by atoms with E-state index in [9.17, 15) is 22.6 Å². The van der Waals surface area contributed by atoms with Crippen LogP contribution in [-0.2, 0) is 26.1 Å². The molecule has 0 fully saturated rings. The first-order chi connectivity index (χ1) is 10.2. The second-order valence-electron chi connectivity index (χ2n) is 5.01. The third-order valence-corrected chi connectivity index (χ3v) is 3.79. The number of amides is 2. The topological polar surface area (TPSA) is 94.6 Å². The Bertz CT molecular complexity index is 667. The van der Waals surface area contributed by atoms with Crippen molar-refractivity contribution in [1.82, 2.24) is 0 Å². The molecule has 1 rings (SSSR count). The highest BCUT2D eigenvalue weighted by atomic mass is 32.2. The predicted octanol–water partition coefficient (Wildman–Crippen LogP) is 1.76. The van der Waals surface area contributed by atoms with Gasteiger partial charge in [0.2, 0.25) is 11.8 Å². The first kappa shape index (κ1) is 18.3. The average molecular weight is 326 g/mol. The zero-order chi connectivity index (χ0) is 16.9. The van der Waals surface area contributed by atoms with Gasteiger partial charge >= 0.3 is 0 Å². The van der Waals surface area contributed by atoms with Gasteiger partial charge in [-0.3, -0.25) is 9.59 Å². The SMILES string of the molecule is CCCC(=O)N(C(=O)CS(=O)(=O)[O-])c1c(C)cccc1CC. The van der Waals surface area contributed by atoms with Gasteiger partial charge in [0.25, 0.3) is 0 Å². The summed E-state index contributed by atoms with van der Waals surface area (Å²) in [5.41, 5.74) is 1.82. The van der Waals surface area contributed by atoms with E-state index < -0.39 is 27.7 Å². The van der Waals surface area contributed by atoms with Gasteiger partial charge in [-0.15, -0.1) is 0 Å². The van der Waals surface area contributed by atoms with E-state index in [0.29, 0.717) is 24.1 Å². The molecule has 0 aromatic heterocycles. The molecule has 0 heterocycles. The Balaban J connectivity index is 3.39. The molecule has 0 saturated carbocycles. The number of anilines is 1. The third-order valence-electron chi connectivity index (χ3n) is 3.19. The van der Waals surface area contributed by atoms with E-state index in [-0.39, 0.29) is 6.42 Å². The summed E-state index contributed by atoms with van der Waals surface area (Å²) in [5, 5.41) is 0. The summed E-state index contributed by atoms with van der Waals surface area (Å²) >= 11 is 0. The Morgan fingerprint density at radius 3 is 2.32 bits per heavy atom. The fraction of sp³-hybridized carbons (Fsp3) is 0.467.